The number of thioether (sulfide) groups is 1. The Morgan fingerprint density at radius 1 is 1.53 bits per heavy atom. The number of carbonyl (C=O) groups excluding carboxylic acids is 1. The second kappa shape index (κ2) is 8.16. The van der Waals surface area contributed by atoms with Crippen LogP contribution >= 0.6 is 11.8 Å². The Bertz CT molecular complexity index is 320. The van der Waals surface area contributed by atoms with Gasteiger partial charge in [-0.15, -0.1) is 0 Å². The Morgan fingerprint density at radius 3 is 2.89 bits per heavy atom. The zero-order chi connectivity index (χ0) is 14.3. The Balaban J connectivity index is 2.29. The Morgan fingerprint density at radius 2 is 2.26 bits per heavy atom. The van der Waals surface area contributed by atoms with E-state index in [1.807, 2.05) is 0 Å². The summed E-state index contributed by atoms with van der Waals surface area (Å²) in [5, 5.41) is 11.4. The highest BCUT2D eigenvalue weighted by Crippen LogP contribution is 2.16. The molecule has 9 heteroatoms. The average molecular weight is 298 g/mol. The number of nitrogens with zero attached hydrogens (tertiary/aromatic N) is 1. The van der Waals surface area contributed by atoms with Gasteiger partial charge < -0.3 is 20.1 Å². The highest BCUT2D eigenvalue weighted by molar-refractivity contribution is 7.99. The summed E-state index contributed by atoms with van der Waals surface area (Å²) < 4.78 is 28.1. The number of alkyl halides is 2. The van der Waals surface area contributed by atoms with Crippen molar-refractivity contribution in [3.05, 3.63) is 0 Å². The molecule has 2 N–H and O–H groups in total. The summed E-state index contributed by atoms with van der Waals surface area (Å²) in [6.07, 6.45) is -2.54. The number of carboxylic acids is 1. The van der Waals surface area contributed by atoms with Crippen LogP contribution < -0.4 is 5.32 Å². The van der Waals surface area contributed by atoms with Crippen molar-refractivity contribution in [3.63, 3.8) is 0 Å². The summed E-state index contributed by atoms with van der Waals surface area (Å²) in [5.41, 5.74) is 0. The van der Waals surface area contributed by atoms with E-state index >= 15 is 0 Å². The standard InChI is InChI=1S/C10H16F2N2O4S/c11-8(12)5-18-3-1-13-10(17)14-2-4-19-6-7(14)9(15)16/h7-8H,1-6H2,(H,13,17)(H,15,16). The first-order chi connectivity index (χ1) is 9.02. The van der Waals surface area contributed by atoms with Gasteiger partial charge in [-0.1, -0.05) is 0 Å². The molecular formula is C10H16F2N2O4S. The number of urea groups is 1. The molecule has 1 rings (SSSR count). The van der Waals surface area contributed by atoms with Crippen molar-refractivity contribution in [3.8, 4) is 0 Å². The lowest BCUT2D eigenvalue weighted by molar-refractivity contribution is -0.141. The molecule has 0 bridgehead atoms. The number of hydrogen-bond acceptors (Lipinski definition) is 4. The lowest BCUT2D eigenvalue weighted by Crippen LogP contribution is -2.54. The Hall–Kier alpha value is -1.09. The minimum absolute atomic E-state index is 0.0313. The van der Waals surface area contributed by atoms with Crippen LogP contribution in [0.5, 0.6) is 0 Å². The molecule has 0 saturated carbocycles. The average Bonchev–Trinajstić information content (AvgIpc) is 2.37. The molecule has 1 aliphatic rings. The van der Waals surface area contributed by atoms with Gasteiger partial charge in [0, 0.05) is 24.6 Å². The minimum Gasteiger partial charge on any atom is -0.480 e. The minimum atomic E-state index is -2.54. The van der Waals surface area contributed by atoms with Crippen molar-refractivity contribution in [1.82, 2.24) is 10.2 Å². The van der Waals surface area contributed by atoms with Crippen molar-refractivity contribution in [2.24, 2.45) is 0 Å². The van der Waals surface area contributed by atoms with Gasteiger partial charge in [0.2, 0.25) is 0 Å². The Kier molecular flexibility index (Phi) is 6.85. The molecule has 1 saturated heterocycles. The number of nitrogens with one attached hydrogen (secondary N) is 1. The highest BCUT2D eigenvalue weighted by atomic mass is 32.2. The molecule has 0 radical (unpaired) electrons. The topological polar surface area (TPSA) is 78.9 Å². The van der Waals surface area contributed by atoms with Crippen molar-refractivity contribution in [2.75, 3.05) is 37.8 Å². The fraction of sp³-hybridized carbons (Fsp3) is 0.800. The number of carbonyl (C=O) groups is 2. The molecule has 1 unspecified atom stereocenters. The van der Waals surface area contributed by atoms with E-state index in [2.05, 4.69) is 10.1 Å². The number of carboxylic acid groups (broad SMARTS) is 1. The maximum atomic E-state index is 11.8. The normalized spacial score (nSPS) is 19.5. The van der Waals surface area contributed by atoms with Crippen molar-refractivity contribution >= 4 is 23.8 Å². The van der Waals surface area contributed by atoms with Crippen LogP contribution in [0.2, 0.25) is 0 Å². The number of ether oxygens (including phenoxy) is 1. The largest absolute Gasteiger partial charge is 0.480 e. The van der Waals surface area contributed by atoms with Gasteiger partial charge in [0.05, 0.1) is 6.61 Å². The maximum Gasteiger partial charge on any atom is 0.327 e. The van der Waals surface area contributed by atoms with Gasteiger partial charge >= 0.3 is 12.0 Å². The molecule has 1 heterocycles. The quantitative estimate of drug-likeness (QED) is 0.697. The van der Waals surface area contributed by atoms with E-state index in [0.29, 0.717) is 18.1 Å². The number of rotatable bonds is 6. The molecule has 0 spiro atoms. The van der Waals surface area contributed by atoms with E-state index in [9.17, 15) is 18.4 Å². The third kappa shape index (κ3) is 5.60. The van der Waals surface area contributed by atoms with Crippen molar-refractivity contribution in [2.45, 2.75) is 12.5 Å². The first-order valence-corrected chi connectivity index (χ1v) is 6.88. The van der Waals surface area contributed by atoms with E-state index in [1.165, 1.54) is 16.7 Å². The summed E-state index contributed by atoms with van der Waals surface area (Å²) in [5.74, 6) is -0.0136. The van der Waals surface area contributed by atoms with Crippen LogP contribution in [0, 0.1) is 0 Å². The van der Waals surface area contributed by atoms with E-state index in [-0.39, 0.29) is 13.2 Å². The molecule has 2 amide bonds. The molecule has 1 atom stereocenters. The van der Waals surface area contributed by atoms with Gasteiger partial charge in [0.1, 0.15) is 12.6 Å². The number of amides is 2. The van der Waals surface area contributed by atoms with Crippen LogP contribution in [0.1, 0.15) is 0 Å². The monoisotopic (exact) mass is 298 g/mol. The van der Waals surface area contributed by atoms with Gasteiger partial charge in [-0.25, -0.2) is 18.4 Å². The van der Waals surface area contributed by atoms with Crippen molar-refractivity contribution in [1.29, 1.82) is 0 Å². The molecule has 19 heavy (non-hydrogen) atoms. The zero-order valence-electron chi connectivity index (χ0n) is 10.2. The molecule has 6 nitrogen and oxygen atoms in total. The first kappa shape index (κ1) is 16.0. The van der Waals surface area contributed by atoms with E-state index in [4.69, 9.17) is 5.11 Å². The van der Waals surface area contributed by atoms with Crippen LogP contribution in [0.15, 0.2) is 0 Å². The second-order valence-electron chi connectivity index (χ2n) is 3.82. The number of hydrogen-bond donors (Lipinski definition) is 2. The molecule has 0 aromatic carbocycles. The van der Waals surface area contributed by atoms with Crippen LogP contribution in [-0.2, 0) is 9.53 Å². The summed E-state index contributed by atoms with van der Waals surface area (Å²) in [7, 11) is 0. The third-order valence-corrected chi connectivity index (χ3v) is 3.46. The molecule has 1 aliphatic heterocycles. The SMILES string of the molecule is O=C(O)C1CSCCN1C(=O)NCCOCC(F)F. The predicted octanol–water partition coefficient (Wildman–Crippen LogP) is 0.480. The van der Waals surface area contributed by atoms with Gasteiger partial charge in [0.15, 0.2) is 0 Å². The maximum absolute atomic E-state index is 11.8. The Labute approximate surface area is 113 Å². The second-order valence-corrected chi connectivity index (χ2v) is 4.97. The fourth-order valence-electron chi connectivity index (χ4n) is 1.56. The zero-order valence-corrected chi connectivity index (χ0v) is 11.0. The molecular weight excluding hydrogens is 282 g/mol. The van der Waals surface area contributed by atoms with Crippen LogP contribution in [-0.4, -0.2) is 72.3 Å². The van der Waals surface area contributed by atoms with E-state index in [0.717, 1.165) is 0 Å². The third-order valence-electron chi connectivity index (χ3n) is 2.44. The van der Waals surface area contributed by atoms with Gasteiger partial charge in [-0.3, -0.25) is 0 Å². The van der Waals surface area contributed by atoms with Crippen molar-refractivity contribution < 1.29 is 28.2 Å². The lowest BCUT2D eigenvalue weighted by Gasteiger charge is -2.32. The van der Waals surface area contributed by atoms with Crippen LogP contribution in [0.3, 0.4) is 0 Å². The summed E-state index contributed by atoms with van der Waals surface area (Å²) in [4.78, 5) is 24.0. The lowest BCUT2D eigenvalue weighted by atomic mass is 10.3. The van der Waals surface area contributed by atoms with Gasteiger partial charge in [-0.2, -0.15) is 11.8 Å². The summed E-state index contributed by atoms with van der Waals surface area (Å²) in [6, 6.07) is -1.35. The molecule has 0 aromatic rings. The van der Waals surface area contributed by atoms with Crippen LogP contribution in [0.4, 0.5) is 13.6 Å². The summed E-state index contributed by atoms with van der Waals surface area (Å²) >= 11 is 1.48. The molecule has 1 fully saturated rings. The first-order valence-electron chi connectivity index (χ1n) is 5.73. The predicted molar refractivity (Wildman–Crippen MR) is 65.7 cm³/mol. The van der Waals surface area contributed by atoms with Gasteiger partial charge in [-0.05, 0) is 0 Å². The number of halogens is 2. The number of aliphatic carboxylic acids is 1. The highest BCUT2D eigenvalue weighted by Gasteiger charge is 2.32. The molecule has 0 aliphatic carbocycles. The fourth-order valence-corrected chi connectivity index (χ4v) is 2.59. The molecule has 110 valence electrons. The van der Waals surface area contributed by atoms with E-state index < -0.39 is 31.1 Å². The van der Waals surface area contributed by atoms with Crippen LogP contribution in [0.25, 0.3) is 0 Å². The smallest absolute Gasteiger partial charge is 0.327 e. The van der Waals surface area contributed by atoms with Gasteiger partial charge in [0.25, 0.3) is 6.43 Å². The summed E-state index contributed by atoms with van der Waals surface area (Å²) in [6.45, 7) is -0.280. The molecule has 0 aromatic heterocycles. The van der Waals surface area contributed by atoms with E-state index in [1.54, 1.807) is 0 Å².